The summed E-state index contributed by atoms with van der Waals surface area (Å²) in [5.41, 5.74) is 10.5. The minimum absolute atomic E-state index is 0.132. The lowest BCUT2D eigenvalue weighted by Crippen LogP contribution is -2.25. The molecule has 4 N–H and O–H groups in total. The number of aromatic nitrogens is 2. The van der Waals surface area contributed by atoms with E-state index < -0.39 is 0 Å². The van der Waals surface area contributed by atoms with Gasteiger partial charge in [0.25, 0.3) is 5.56 Å². The summed E-state index contributed by atoms with van der Waals surface area (Å²) in [5.74, 6) is 0.319. The zero-order valence-corrected chi connectivity index (χ0v) is 7.99. The molecule has 0 unspecified atom stereocenters. The molecule has 0 aliphatic carbocycles. The molecule has 1 aromatic rings. The fourth-order valence-corrected chi connectivity index (χ4v) is 1.09. The summed E-state index contributed by atoms with van der Waals surface area (Å²) in [6, 6.07) is 0. The molecule has 0 saturated carbocycles. The number of hydrogen-bond acceptors (Lipinski definition) is 4. The van der Waals surface area contributed by atoms with Gasteiger partial charge in [-0.25, -0.2) is 0 Å². The van der Waals surface area contributed by atoms with Crippen molar-refractivity contribution in [3.63, 3.8) is 0 Å². The van der Waals surface area contributed by atoms with Gasteiger partial charge in [-0.3, -0.25) is 9.36 Å². The molecule has 11 heavy (non-hydrogen) atoms. The maximum absolute atomic E-state index is 11.2. The standard InChI is InChI=1S/C5H7IN4O/c1-10-4(11)2(6)3(7)9-5(10)8/h7H2,1H3,(H2,8,9). The van der Waals surface area contributed by atoms with Crippen molar-refractivity contribution in [1.29, 1.82) is 0 Å². The van der Waals surface area contributed by atoms with Gasteiger partial charge in [0.05, 0.1) is 0 Å². The van der Waals surface area contributed by atoms with Crippen molar-refractivity contribution in [2.24, 2.45) is 7.05 Å². The van der Waals surface area contributed by atoms with Crippen LogP contribution >= 0.6 is 22.6 Å². The first kappa shape index (κ1) is 8.31. The third kappa shape index (κ3) is 1.30. The van der Waals surface area contributed by atoms with Gasteiger partial charge in [0.15, 0.2) is 0 Å². The molecule has 0 spiro atoms. The molecule has 0 radical (unpaired) electrons. The minimum Gasteiger partial charge on any atom is -0.383 e. The molecular formula is C5H7IN4O. The minimum atomic E-state index is -0.212. The molecule has 0 bridgehead atoms. The number of anilines is 2. The summed E-state index contributed by atoms with van der Waals surface area (Å²) in [4.78, 5) is 14.9. The van der Waals surface area contributed by atoms with Crippen LogP contribution in [0.15, 0.2) is 4.79 Å². The average molecular weight is 266 g/mol. The number of nitrogens with zero attached hydrogens (tertiary/aromatic N) is 2. The first-order valence-corrected chi connectivity index (χ1v) is 3.89. The second kappa shape index (κ2) is 2.68. The van der Waals surface area contributed by atoms with Gasteiger partial charge in [0, 0.05) is 7.05 Å². The van der Waals surface area contributed by atoms with Crippen LogP contribution in [0.2, 0.25) is 0 Å². The van der Waals surface area contributed by atoms with Crippen LogP contribution in [0.5, 0.6) is 0 Å². The Morgan fingerprint density at radius 2 is 2.09 bits per heavy atom. The van der Waals surface area contributed by atoms with E-state index in [-0.39, 0.29) is 17.3 Å². The summed E-state index contributed by atoms with van der Waals surface area (Å²) in [5, 5.41) is 0. The highest BCUT2D eigenvalue weighted by molar-refractivity contribution is 14.1. The maximum atomic E-state index is 11.2. The van der Waals surface area contributed by atoms with Crippen molar-refractivity contribution < 1.29 is 0 Å². The summed E-state index contributed by atoms with van der Waals surface area (Å²) in [6.45, 7) is 0. The van der Waals surface area contributed by atoms with Gasteiger partial charge in [-0.1, -0.05) is 0 Å². The van der Waals surface area contributed by atoms with Crippen molar-refractivity contribution in [3.8, 4) is 0 Å². The molecule has 1 heterocycles. The molecule has 1 rings (SSSR count). The molecule has 0 saturated heterocycles. The molecular weight excluding hydrogens is 259 g/mol. The molecule has 60 valence electrons. The monoisotopic (exact) mass is 266 g/mol. The Morgan fingerprint density at radius 3 is 2.64 bits per heavy atom. The Labute approximate surface area is 76.5 Å². The number of rotatable bonds is 0. The third-order valence-electron chi connectivity index (χ3n) is 1.30. The fraction of sp³-hybridized carbons (Fsp3) is 0.200. The average Bonchev–Trinajstić information content (AvgIpc) is 1.97. The summed E-state index contributed by atoms with van der Waals surface area (Å²) >= 11 is 1.83. The highest BCUT2D eigenvalue weighted by Gasteiger charge is 2.06. The van der Waals surface area contributed by atoms with Crippen LogP contribution < -0.4 is 17.0 Å². The molecule has 5 nitrogen and oxygen atoms in total. The van der Waals surface area contributed by atoms with Crippen LogP contribution in [0.4, 0.5) is 11.8 Å². The van der Waals surface area contributed by atoms with E-state index in [1.807, 2.05) is 22.6 Å². The van der Waals surface area contributed by atoms with Crippen molar-refractivity contribution in [2.75, 3.05) is 11.5 Å². The zero-order valence-electron chi connectivity index (χ0n) is 5.84. The van der Waals surface area contributed by atoms with Gasteiger partial charge in [-0.05, 0) is 22.6 Å². The Kier molecular flexibility index (Phi) is 2.03. The Morgan fingerprint density at radius 1 is 1.55 bits per heavy atom. The Bertz CT molecular complexity index is 316. The SMILES string of the molecule is Cn1c(N)nc(N)c(I)c1=O. The van der Waals surface area contributed by atoms with Crippen molar-refractivity contribution in [1.82, 2.24) is 9.55 Å². The van der Waals surface area contributed by atoms with E-state index in [1.165, 1.54) is 4.57 Å². The largest absolute Gasteiger partial charge is 0.383 e. The van der Waals surface area contributed by atoms with Gasteiger partial charge < -0.3 is 11.5 Å². The molecule has 1 aromatic heterocycles. The van der Waals surface area contributed by atoms with Crippen LogP contribution in [0, 0.1) is 3.57 Å². The molecule has 0 fully saturated rings. The van der Waals surface area contributed by atoms with Gasteiger partial charge in [-0.2, -0.15) is 4.98 Å². The van der Waals surface area contributed by atoms with Crippen molar-refractivity contribution in [2.45, 2.75) is 0 Å². The van der Waals surface area contributed by atoms with Gasteiger partial charge in [0.2, 0.25) is 5.95 Å². The number of halogens is 1. The fourth-order valence-electron chi connectivity index (χ4n) is 0.608. The molecule has 0 amide bonds. The number of hydrogen-bond donors (Lipinski definition) is 2. The van der Waals surface area contributed by atoms with E-state index in [2.05, 4.69) is 4.98 Å². The topological polar surface area (TPSA) is 86.9 Å². The lowest BCUT2D eigenvalue weighted by atomic mass is 10.6. The number of nitrogen functional groups attached to an aromatic ring is 2. The Balaban J connectivity index is 3.59. The van der Waals surface area contributed by atoms with Crippen LogP contribution in [0.25, 0.3) is 0 Å². The summed E-state index contributed by atoms with van der Waals surface area (Å²) < 4.78 is 1.65. The highest BCUT2D eigenvalue weighted by atomic mass is 127. The predicted molar refractivity (Wildman–Crippen MR) is 51.0 cm³/mol. The van der Waals surface area contributed by atoms with E-state index in [0.717, 1.165) is 0 Å². The predicted octanol–water partition coefficient (Wildman–Crippen LogP) is -0.451. The normalized spacial score (nSPS) is 10.0. The van der Waals surface area contributed by atoms with Crippen LogP contribution in [0.1, 0.15) is 0 Å². The van der Waals surface area contributed by atoms with E-state index in [0.29, 0.717) is 3.57 Å². The lowest BCUT2D eigenvalue weighted by molar-refractivity contribution is 0.838. The zero-order chi connectivity index (χ0) is 8.59. The van der Waals surface area contributed by atoms with Gasteiger partial charge in [0.1, 0.15) is 9.39 Å². The van der Waals surface area contributed by atoms with Gasteiger partial charge >= 0.3 is 0 Å². The number of nitrogens with two attached hydrogens (primary N) is 2. The summed E-state index contributed by atoms with van der Waals surface area (Å²) in [7, 11) is 1.55. The Hall–Kier alpha value is -0.790. The lowest BCUT2D eigenvalue weighted by Gasteiger charge is -2.03. The third-order valence-corrected chi connectivity index (χ3v) is 2.31. The molecule has 0 aliphatic heterocycles. The molecule has 0 aromatic carbocycles. The molecule has 0 aliphatic rings. The second-order valence-corrected chi connectivity index (χ2v) is 3.11. The summed E-state index contributed by atoms with van der Waals surface area (Å²) in [6.07, 6.45) is 0. The van der Waals surface area contributed by atoms with Gasteiger partial charge in [-0.15, -0.1) is 0 Å². The van der Waals surface area contributed by atoms with Crippen LogP contribution in [-0.2, 0) is 7.05 Å². The first-order chi connectivity index (χ1) is 5.04. The van der Waals surface area contributed by atoms with E-state index in [9.17, 15) is 4.79 Å². The van der Waals surface area contributed by atoms with E-state index in [1.54, 1.807) is 7.05 Å². The second-order valence-electron chi connectivity index (χ2n) is 2.03. The first-order valence-electron chi connectivity index (χ1n) is 2.81. The maximum Gasteiger partial charge on any atom is 0.270 e. The van der Waals surface area contributed by atoms with E-state index in [4.69, 9.17) is 11.5 Å². The van der Waals surface area contributed by atoms with E-state index >= 15 is 0 Å². The van der Waals surface area contributed by atoms with Crippen molar-refractivity contribution >= 4 is 34.4 Å². The smallest absolute Gasteiger partial charge is 0.270 e. The molecule has 0 atom stereocenters. The van der Waals surface area contributed by atoms with Crippen LogP contribution in [0.3, 0.4) is 0 Å². The quantitative estimate of drug-likeness (QED) is 0.622. The van der Waals surface area contributed by atoms with Crippen molar-refractivity contribution in [3.05, 3.63) is 13.9 Å². The van der Waals surface area contributed by atoms with Crippen LogP contribution in [-0.4, -0.2) is 9.55 Å². The molecule has 6 heteroatoms. The highest BCUT2D eigenvalue weighted by Crippen LogP contribution is 2.06.